The lowest BCUT2D eigenvalue weighted by atomic mass is 9.73. The highest BCUT2D eigenvalue weighted by Gasteiger charge is 2.44. The Bertz CT molecular complexity index is 228. The number of hydrogen-bond acceptors (Lipinski definition) is 2. The Balaban J connectivity index is 2.90. The van der Waals surface area contributed by atoms with Gasteiger partial charge in [0.05, 0.1) is 0 Å². The summed E-state index contributed by atoms with van der Waals surface area (Å²) in [7, 11) is 0. The fourth-order valence-electron chi connectivity index (χ4n) is 2.51. The highest BCUT2D eigenvalue weighted by molar-refractivity contribution is 5.05. The van der Waals surface area contributed by atoms with Gasteiger partial charge in [-0.15, -0.1) is 0 Å². The first-order chi connectivity index (χ1) is 6.32. The highest BCUT2D eigenvalue weighted by atomic mass is 15.5. The second-order valence-corrected chi connectivity index (χ2v) is 5.51. The van der Waals surface area contributed by atoms with Crippen LogP contribution in [0.15, 0.2) is 12.2 Å². The van der Waals surface area contributed by atoms with E-state index in [1.807, 2.05) is 5.01 Å². The zero-order valence-electron chi connectivity index (χ0n) is 10.2. The van der Waals surface area contributed by atoms with E-state index in [0.717, 1.165) is 0 Å². The highest BCUT2D eigenvalue weighted by Crippen LogP contribution is 2.40. The van der Waals surface area contributed by atoms with Gasteiger partial charge in [-0.2, -0.15) is 0 Å². The minimum Gasteiger partial charge on any atom is -0.268 e. The van der Waals surface area contributed by atoms with Crippen molar-refractivity contribution in [3.05, 3.63) is 12.2 Å². The molecule has 1 heterocycles. The van der Waals surface area contributed by atoms with E-state index in [0.29, 0.717) is 5.92 Å². The van der Waals surface area contributed by atoms with E-state index in [4.69, 9.17) is 5.84 Å². The minimum atomic E-state index is 0.0637. The lowest BCUT2D eigenvalue weighted by Crippen LogP contribution is -2.65. The molecule has 1 saturated heterocycles. The zero-order chi connectivity index (χ0) is 11.0. The quantitative estimate of drug-likeness (QED) is 0.516. The van der Waals surface area contributed by atoms with E-state index in [2.05, 4.69) is 46.8 Å². The SMILES string of the molecule is CC=CC1CCC(C)(C)N(N)C1(C)C. The zero-order valence-corrected chi connectivity index (χ0v) is 10.2. The van der Waals surface area contributed by atoms with Gasteiger partial charge in [0.2, 0.25) is 0 Å². The van der Waals surface area contributed by atoms with Crippen molar-refractivity contribution in [3.8, 4) is 0 Å². The van der Waals surface area contributed by atoms with Gasteiger partial charge in [0.25, 0.3) is 0 Å². The standard InChI is InChI=1S/C12H24N2/c1-6-7-10-8-9-11(2,3)14(13)12(10,4)5/h6-7,10H,8-9,13H2,1-5H3. The molecule has 0 aromatic heterocycles. The Morgan fingerprint density at radius 3 is 2.36 bits per heavy atom. The Morgan fingerprint density at radius 1 is 1.29 bits per heavy atom. The summed E-state index contributed by atoms with van der Waals surface area (Å²) in [6.07, 6.45) is 6.83. The topological polar surface area (TPSA) is 29.3 Å². The molecule has 1 fully saturated rings. The van der Waals surface area contributed by atoms with Gasteiger partial charge in [-0.05, 0) is 53.4 Å². The third-order valence-electron chi connectivity index (χ3n) is 3.67. The molecule has 0 radical (unpaired) electrons. The maximum Gasteiger partial charge on any atom is 0.0364 e. The molecular formula is C12H24N2. The lowest BCUT2D eigenvalue weighted by Gasteiger charge is -2.53. The van der Waals surface area contributed by atoms with Gasteiger partial charge in [0.1, 0.15) is 0 Å². The molecule has 1 aliphatic rings. The molecule has 0 amide bonds. The summed E-state index contributed by atoms with van der Waals surface area (Å²) >= 11 is 0. The average molecular weight is 196 g/mol. The van der Waals surface area contributed by atoms with Crippen LogP contribution in [0.4, 0.5) is 0 Å². The maximum absolute atomic E-state index is 6.21. The van der Waals surface area contributed by atoms with Crippen LogP contribution in [0.2, 0.25) is 0 Å². The predicted octanol–water partition coefficient (Wildman–Crippen LogP) is 2.71. The van der Waals surface area contributed by atoms with Crippen molar-refractivity contribution in [3.63, 3.8) is 0 Å². The number of rotatable bonds is 1. The van der Waals surface area contributed by atoms with Crippen LogP contribution >= 0.6 is 0 Å². The summed E-state index contributed by atoms with van der Waals surface area (Å²) in [6.45, 7) is 11.0. The molecule has 2 nitrogen and oxygen atoms in total. The van der Waals surface area contributed by atoms with Crippen LogP contribution in [-0.2, 0) is 0 Å². The first kappa shape index (κ1) is 11.7. The second-order valence-electron chi connectivity index (χ2n) is 5.51. The van der Waals surface area contributed by atoms with Crippen molar-refractivity contribution in [2.24, 2.45) is 11.8 Å². The molecule has 1 rings (SSSR count). The van der Waals surface area contributed by atoms with E-state index in [-0.39, 0.29) is 11.1 Å². The van der Waals surface area contributed by atoms with E-state index in [1.165, 1.54) is 12.8 Å². The molecule has 0 saturated carbocycles. The molecule has 2 heteroatoms. The number of allylic oxidation sites excluding steroid dienone is 1. The van der Waals surface area contributed by atoms with Crippen molar-refractivity contribution in [2.45, 2.75) is 58.5 Å². The van der Waals surface area contributed by atoms with Crippen LogP contribution < -0.4 is 5.84 Å². The molecule has 14 heavy (non-hydrogen) atoms. The van der Waals surface area contributed by atoms with E-state index in [9.17, 15) is 0 Å². The third kappa shape index (κ3) is 1.86. The smallest absolute Gasteiger partial charge is 0.0364 e. The van der Waals surface area contributed by atoms with Crippen molar-refractivity contribution in [2.75, 3.05) is 0 Å². The molecule has 1 aliphatic heterocycles. The second kappa shape index (κ2) is 3.67. The molecule has 0 spiro atoms. The van der Waals surface area contributed by atoms with Crippen LogP contribution in [0.5, 0.6) is 0 Å². The number of piperidine rings is 1. The maximum atomic E-state index is 6.21. The van der Waals surface area contributed by atoms with Crippen LogP contribution in [0.1, 0.15) is 47.5 Å². The molecule has 0 aromatic rings. The number of nitrogens with two attached hydrogens (primary N) is 1. The number of hydrogen-bond donors (Lipinski definition) is 1. The monoisotopic (exact) mass is 196 g/mol. The van der Waals surface area contributed by atoms with E-state index >= 15 is 0 Å². The summed E-state index contributed by atoms with van der Waals surface area (Å²) in [5.41, 5.74) is 0.190. The summed E-state index contributed by atoms with van der Waals surface area (Å²) in [5.74, 6) is 6.78. The Morgan fingerprint density at radius 2 is 1.86 bits per heavy atom. The summed E-state index contributed by atoms with van der Waals surface area (Å²) in [6, 6.07) is 0. The molecule has 0 bridgehead atoms. The number of nitrogens with zero attached hydrogens (tertiary/aromatic N) is 1. The van der Waals surface area contributed by atoms with Gasteiger partial charge in [0, 0.05) is 11.1 Å². The van der Waals surface area contributed by atoms with Gasteiger partial charge in [-0.1, -0.05) is 12.2 Å². The largest absolute Gasteiger partial charge is 0.268 e. The van der Waals surface area contributed by atoms with Crippen LogP contribution in [-0.4, -0.2) is 16.1 Å². The molecule has 82 valence electrons. The summed E-state index contributed by atoms with van der Waals surface area (Å²) in [4.78, 5) is 0. The Labute approximate surface area is 88.1 Å². The number of hydrazine groups is 1. The molecular weight excluding hydrogens is 172 g/mol. The summed E-state index contributed by atoms with van der Waals surface area (Å²) in [5, 5.41) is 2.04. The van der Waals surface area contributed by atoms with Crippen molar-refractivity contribution in [1.29, 1.82) is 0 Å². The lowest BCUT2D eigenvalue weighted by molar-refractivity contribution is -0.0526. The Kier molecular flexibility index (Phi) is 3.07. The predicted molar refractivity (Wildman–Crippen MR) is 61.7 cm³/mol. The van der Waals surface area contributed by atoms with E-state index in [1.54, 1.807) is 0 Å². The van der Waals surface area contributed by atoms with Gasteiger partial charge in [-0.3, -0.25) is 5.84 Å². The molecule has 1 unspecified atom stereocenters. The van der Waals surface area contributed by atoms with Gasteiger partial charge >= 0.3 is 0 Å². The fourth-order valence-corrected chi connectivity index (χ4v) is 2.51. The molecule has 0 aromatic carbocycles. The molecule has 2 N–H and O–H groups in total. The van der Waals surface area contributed by atoms with Crippen LogP contribution in [0.25, 0.3) is 0 Å². The first-order valence-electron chi connectivity index (χ1n) is 5.50. The van der Waals surface area contributed by atoms with Crippen molar-refractivity contribution >= 4 is 0 Å². The Hall–Kier alpha value is -0.340. The van der Waals surface area contributed by atoms with Crippen LogP contribution in [0, 0.1) is 5.92 Å². The van der Waals surface area contributed by atoms with Gasteiger partial charge in [-0.25, -0.2) is 5.01 Å². The molecule has 0 aliphatic carbocycles. The third-order valence-corrected chi connectivity index (χ3v) is 3.67. The van der Waals surface area contributed by atoms with Crippen LogP contribution in [0.3, 0.4) is 0 Å². The van der Waals surface area contributed by atoms with E-state index < -0.39 is 0 Å². The molecule has 1 atom stereocenters. The normalized spacial score (nSPS) is 32.3. The van der Waals surface area contributed by atoms with Gasteiger partial charge < -0.3 is 0 Å². The fraction of sp³-hybridized carbons (Fsp3) is 0.833. The van der Waals surface area contributed by atoms with Gasteiger partial charge in [0.15, 0.2) is 0 Å². The van der Waals surface area contributed by atoms with Crippen molar-refractivity contribution < 1.29 is 0 Å². The minimum absolute atomic E-state index is 0.0637. The average Bonchev–Trinajstić information content (AvgIpc) is 2.08. The first-order valence-corrected chi connectivity index (χ1v) is 5.50. The van der Waals surface area contributed by atoms with Crippen molar-refractivity contribution in [1.82, 2.24) is 5.01 Å². The summed E-state index contributed by atoms with van der Waals surface area (Å²) < 4.78 is 0.